The van der Waals surface area contributed by atoms with Crippen LogP contribution in [-0.2, 0) is 38.4 Å². The number of hydrogen-bond acceptors (Lipinski definition) is 15. The molecule has 2 aromatic heterocycles. The van der Waals surface area contributed by atoms with Gasteiger partial charge in [-0.05, 0) is 68.7 Å². The Morgan fingerprint density at radius 2 is 1.57 bits per heavy atom. The summed E-state index contributed by atoms with van der Waals surface area (Å²) < 4.78 is 93.0. The van der Waals surface area contributed by atoms with Crippen molar-refractivity contribution < 1.29 is 55.4 Å². The van der Waals surface area contributed by atoms with Crippen LogP contribution in [0.25, 0.3) is 11.2 Å². The van der Waals surface area contributed by atoms with Gasteiger partial charge in [0.1, 0.15) is 42.2 Å². The SMILES string of the molecule is COc1ccc(C(OC[C@H]2O[C@@H](n3cnc4c(=O)[nH]c(N)nc43)[C@H](OCOCCNC(=O)C(F)(F)F)[C@@H]2OP(OCCC#N)N(C(C)C)C(C)C)(c2ccccc2)c2ccc(OC)cc2)cc1. The van der Waals surface area contributed by atoms with E-state index >= 15 is 0 Å². The van der Waals surface area contributed by atoms with E-state index in [9.17, 15) is 28.0 Å². The number of nitrogen functional groups attached to an aromatic ring is 1. The summed E-state index contributed by atoms with van der Waals surface area (Å²) in [6, 6.07) is 26.4. The number of amides is 1. The Morgan fingerprint density at radius 1 is 0.955 bits per heavy atom. The molecule has 5 aromatic rings. The van der Waals surface area contributed by atoms with Crippen LogP contribution in [0.15, 0.2) is 90.0 Å². The Hall–Kier alpha value is -5.69. The van der Waals surface area contributed by atoms with Gasteiger partial charge in [-0.2, -0.15) is 23.4 Å². The van der Waals surface area contributed by atoms with Crippen LogP contribution in [0.1, 0.15) is 57.0 Å². The smallest absolute Gasteiger partial charge is 0.471 e. The summed E-state index contributed by atoms with van der Waals surface area (Å²) in [6.45, 7) is 6.36. The lowest BCUT2D eigenvalue weighted by Gasteiger charge is -2.39. The number of aromatic amines is 1. The van der Waals surface area contributed by atoms with E-state index in [0.717, 1.165) is 16.7 Å². The summed E-state index contributed by atoms with van der Waals surface area (Å²) in [4.78, 5) is 35.6. The summed E-state index contributed by atoms with van der Waals surface area (Å²) in [5, 5.41) is 11.3. The predicted molar refractivity (Wildman–Crippen MR) is 240 cm³/mol. The van der Waals surface area contributed by atoms with Crippen LogP contribution in [0, 0.1) is 11.3 Å². The molecule has 1 aliphatic heterocycles. The number of fused-ring (bicyclic) bond motifs is 1. The Labute approximate surface area is 386 Å². The average Bonchev–Trinajstić information content (AvgIpc) is 3.88. The third kappa shape index (κ3) is 11.9. The minimum absolute atomic E-state index is 0.0266. The first-order valence-electron chi connectivity index (χ1n) is 21.3. The molecule has 0 aliphatic carbocycles. The molecule has 67 heavy (non-hydrogen) atoms. The van der Waals surface area contributed by atoms with Crippen molar-refractivity contribution >= 4 is 31.5 Å². The molecule has 0 saturated carbocycles. The molecular weight excluding hydrogens is 901 g/mol. The highest BCUT2D eigenvalue weighted by molar-refractivity contribution is 7.44. The van der Waals surface area contributed by atoms with E-state index in [2.05, 4.69) is 21.0 Å². The number of ether oxygens (including phenoxy) is 6. The third-order valence-corrected chi connectivity index (χ3v) is 12.8. The molecule has 1 fully saturated rings. The molecule has 0 bridgehead atoms. The standard InChI is InChI=1S/C45H54F3N8O10P/c1-28(2)56(29(3)4)67(64-23-10-21-49)66-37-35(25-63-44(30-11-8-7-9-12-30,31-13-17-33(59-5)18-14-31)32-15-19-34(60-6)20-16-32)65-41(55-26-52-36-39(55)53-43(50)54-40(36)57)38(37)62-27-61-24-22-51-42(58)45(46,47)48/h7-9,11-20,26,28-29,35,37-38,41H,10,22-25,27H2,1-6H3,(H,51,58)(H3,50,53,54,57)/t35-,37-,38-,41-,67?/m1/s1. The van der Waals surface area contributed by atoms with Gasteiger partial charge < -0.3 is 48.5 Å². The molecule has 1 aliphatic rings. The molecule has 6 rings (SSSR count). The van der Waals surface area contributed by atoms with Gasteiger partial charge in [-0.3, -0.25) is 19.1 Å². The number of anilines is 1. The summed E-state index contributed by atoms with van der Waals surface area (Å²) in [6.07, 6.45) is -8.19. The molecule has 1 unspecified atom stereocenters. The maximum atomic E-state index is 13.0. The maximum absolute atomic E-state index is 13.0. The minimum Gasteiger partial charge on any atom is -0.497 e. The van der Waals surface area contributed by atoms with Gasteiger partial charge in [0.05, 0.1) is 52.9 Å². The monoisotopic (exact) mass is 954 g/mol. The van der Waals surface area contributed by atoms with Crippen LogP contribution in [0.5, 0.6) is 11.5 Å². The van der Waals surface area contributed by atoms with Gasteiger partial charge in [0.2, 0.25) is 5.95 Å². The molecule has 1 saturated heterocycles. The van der Waals surface area contributed by atoms with Crippen LogP contribution in [0.3, 0.4) is 0 Å². The van der Waals surface area contributed by atoms with Gasteiger partial charge in [0.25, 0.3) is 14.1 Å². The van der Waals surface area contributed by atoms with Crippen LogP contribution >= 0.6 is 8.53 Å². The highest BCUT2D eigenvalue weighted by atomic mass is 31.2. The normalized spacial score (nSPS) is 18.1. The average molecular weight is 955 g/mol. The quantitative estimate of drug-likeness (QED) is 0.0282. The first kappa shape index (κ1) is 50.7. The molecule has 22 heteroatoms. The number of imidazole rings is 1. The number of alkyl halides is 3. The van der Waals surface area contributed by atoms with E-state index in [4.69, 9.17) is 43.2 Å². The van der Waals surface area contributed by atoms with E-state index in [1.54, 1.807) is 19.5 Å². The number of carbonyl (C=O) groups excluding carboxylic acids is 1. The van der Waals surface area contributed by atoms with Gasteiger partial charge in [-0.15, -0.1) is 0 Å². The zero-order valence-electron chi connectivity index (χ0n) is 37.8. The fourth-order valence-electron chi connectivity index (χ4n) is 7.70. The molecule has 18 nitrogen and oxygen atoms in total. The molecule has 360 valence electrons. The summed E-state index contributed by atoms with van der Waals surface area (Å²) >= 11 is 0. The zero-order chi connectivity index (χ0) is 48.3. The topological polar surface area (TPSA) is 220 Å². The number of halogens is 3. The number of nitrogens with zero attached hydrogens (tertiary/aromatic N) is 5. The summed E-state index contributed by atoms with van der Waals surface area (Å²) in [7, 11) is 1.15. The maximum Gasteiger partial charge on any atom is 0.471 e. The number of rotatable bonds is 23. The number of nitriles is 1. The number of hydrogen-bond donors (Lipinski definition) is 3. The van der Waals surface area contributed by atoms with E-state index in [1.807, 2.05) is 111 Å². The molecule has 5 atom stereocenters. The van der Waals surface area contributed by atoms with E-state index in [0.29, 0.717) is 11.5 Å². The van der Waals surface area contributed by atoms with Crippen LogP contribution < -0.4 is 26.1 Å². The first-order chi connectivity index (χ1) is 32.1. The lowest BCUT2D eigenvalue weighted by molar-refractivity contribution is -0.174. The number of nitrogens with one attached hydrogen (secondary N) is 2. The minimum atomic E-state index is -5.08. The van der Waals surface area contributed by atoms with E-state index in [-0.39, 0.29) is 55.4 Å². The second-order valence-corrected chi connectivity index (χ2v) is 17.1. The van der Waals surface area contributed by atoms with Crippen molar-refractivity contribution in [2.45, 2.75) is 82.5 Å². The second-order valence-electron chi connectivity index (χ2n) is 15.7. The van der Waals surface area contributed by atoms with Crippen molar-refractivity contribution in [3.05, 3.63) is 112 Å². The van der Waals surface area contributed by atoms with Gasteiger partial charge in [0.15, 0.2) is 17.4 Å². The third-order valence-electron chi connectivity index (χ3n) is 10.7. The number of carbonyl (C=O) groups is 1. The lowest BCUT2D eigenvalue weighted by Crippen LogP contribution is -2.43. The Kier molecular flexibility index (Phi) is 17.3. The summed E-state index contributed by atoms with van der Waals surface area (Å²) in [5.41, 5.74) is 6.28. The molecule has 4 N–H and O–H groups in total. The highest BCUT2D eigenvalue weighted by Crippen LogP contribution is 2.51. The van der Waals surface area contributed by atoms with Crippen molar-refractivity contribution in [3.8, 4) is 17.6 Å². The molecule has 3 heterocycles. The van der Waals surface area contributed by atoms with Crippen LogP contribution in [0.2, 0.25) is 0 Å². The Morgan fingerprint density at radius 3 is 2.13 bits per heavy atom. The zero-order valence-corrected chi connectivity index (χ0v) is 38.7. The molecule has 0 radical (unpaired) electrons. The Balaban J connectivity index is 1.48. The largest absolute Gasteiger partial charge is 0.497 e. The van der Waals surface area contributed by atoms with Crippen molar-refractivity contribution in [1.82, 2.24) is 29.5 Å². The summed E-state index contributed by atoms with van der Waals surface area (Å²) in [5.74, 6) is -1.08. The van der Waals surface area contributed by atoms with Gasteiger partial charge in [-0.25, -0.2) is 9.65 Å². The van der Waals surface area contributed by atoms with Gasteiger partial charge in [0, 0.05) is 18.6 Å². The van der Waals surface area contributed by atoms with Gasteiger partial charge in [-0.1, -0.05) is 54.6 Å². The highest BCUT2D eigenvalue weighted by Gasteiger charge is 2.52. The van der Waals surface area contributed by atoms with E-state index in [1.165, 1.54) is 10.9 Å². The lowest BCUT2D eigenvalue weighted by atomic mass is 9.80. The number of methoxy groups -OCH3 is 2. The number of H-pyrrole nitrogens is 1. The predicted octanol–water partition coefficient (Wildman–Crippen LogP) is 6.32. The van der Waals surface area contributed by atoms with Crippen molar-refractivity contribution in [2.75, 3.05) is 53.1 Å². The second kappa shape index (κ2) is 22.9. The molecular formula is C45H54F3N8O10P. The molecule has 0 spiro atoms. The van der Waals surface area contributed by atoms with Crippen LogP contribution in [-0.4, -0.2) is 114 Å². The Bertz CT molecular complexity index is 2420. The molecule has 1 amide bonds. The molecule has 3 aromatic carbocycles. The van der Waals surface area contributed by atoms with Gasteiger partial charge >= 0.3 is 12.1 Å². The van der Waals surface area contributed by atoms with E-state index < -0.39 is 69.6 Å². The van der Waals surface area contributed by atoms with Crippen molar-refractivity contribution in [1.29, 1.82) is 5.26 Å². The number of benzene rings is 3. The number of nitrogens with two attached hydrogens (primary N) is 1. The van der Waals surface area contributed by atoms with Crippen molar-refractivity contribution in [3.63, 3.8) is 0 Å². The fraction of sp³-hybridized carbons (Fsp3) is 0.444. The van der Waals surface area contributed by atoms with Crippen LogP contribution in [0.4, 0.5) is 19.1 Å². The fourth-order valence-corrected chi connectivity index (χ4v) is 9.47. The number of aromatic nitrogens is 4. The van der Waals surface area contributed by atoms with Crippen molar-refractivity contribution in [2.24, 2.45) is 0 Å². The first-order valence-corrected chi connectivity index (χ1v) is 22.4.